The van der Waals surface area contributed by atoms with Gasteiger partial charge in [0, 0.05) is 6.54 Å². The number of hydrogen-bond donors (Lipinski definition) is 2. The van der Waals surface area contributed by atoms with Crippen molar-refractivity contribution in [2.24, 2.45) is 0 Å². The molecule has 6 nitrogen and oxygen atoms in total. The number of nitrogens with one attached hydrogen (secondary N) is 2. The van der Waals surface area contributed by atoms with Gasteiger partial charge in [0.15, 0.2) is 0 Å². The molecule has 0 aliphatic heterocycles. The highest BCUT2D eigenvalue weighted by molar-refractivity contribution is 5.96. The highest BCUT2D eigenvalue weighted by Gasteiger charge is 2.28. The zero-order valence-corrected chi connectivity index (χ0v) is 14.3. The number of urea groups is 1. The molecule has 1 aromatic carbocycles. The molecule has 0 aromatic heterocycles. The lowest BCUT2D eigenvalue weighted by Crippen LogP contribution is -2.50. The molecule has 0 saturated carbocycles. The fourth-order valence-electron chi connectivity index (χ4n) is 1.85. The molecular formula is C16H22F3N3O3. The Labute approximate surface area is 144 Å². The van der Waals surface area contributed by atoms with Crippen molar-refractivity contribution in [3.63, 3.8) is 0 Å². The van der Waals surface area contributed by atoms with Gasteiger partial charge in [-0.25, -0.2) is 4.79 Å². The van der Waals surface area contributed by atoms with Crippen LogP contribution in [0.2, 0.25) is 0 Å². The predicted molar refractivity (Wildman–Crippen MR) is 86.4 cm³/mol. The van der Waals surface area contributed by atoms with Crippen LogP contribution in [-0.2, 0) is 4.79 Å². The summed E-state index contributed by atoms with van der Waals surface area (Å²) in [7, 11) is 1.65. The van der Waals surface area contributed by atoms with E-state index in [1.54, 1.807) is 24.2 Å². The molecule has 1 atom stereocenters. The van der Waals surface area contributed by atoms with Gasteiger partial charge in [-0.05, 0) is 38.6 Å². The van der Waals surface area contributed by atoms with Crippen molar-refractivity contribution in [1.82, 2.24) is 15.5 Å². The topological polar surface area (TPSA) is 70.7 Å². The summed E-state index contributed by atoms with van der Waals surface area (Å²) >= 11 is 0. The van der Waals surface area contributed by atoms with E-state index < -0.39 is 30.7 Å². The second-order valence-corrected chi connectivity index (χ2v) is 5.61. The average molecular weight is 361 g/mol. The molecule has 0 spiro atoms. The van der Waals surface area contributed by atoms with Crippen LogP contribution in [0.5, 0.6) is 5.75 Å². The van der Waals surface area contributed by atoms with Crippen LogP contribution < -0.4 is 15.4 Å². The third-order valence-electron chi connectivity index (χ3n) is 3.43. The fraction of sp³-hybridized carbons (Fsp3) is 0.500. The summed E-state index contributed by atoms with van der Waals surface area (Å²) in [6, 6.07) is 5.60. The van der Waals surface area contributed by atoms with E-state index in [1.165, 1.54) is 0 Å². The summed E-state index contributed by atoms with van der Waals surface area (Å²) < 4.78 is 41.6. The zero-order valence-electron chi connectivity index (χ0n) is 14.3. The van der Waals surface area contributed by atoms with E-state index in [2.05, 4.69) is 0 Å². The quantitative estimate of drug-likeness (QED) is 0.780. The van der Waals surface area contributed by atoms with Crippen molar-refractivity contribution in [1.29, 1.82) is 0 Å². The molecule has 0 fully saturated rings. The van der Waals surface area contributed by atoms with Gasteiger partial charge in [0.1, 0.15) is 18.9 Å². The van der Waals surface area contributed by atoms with E-state index in [0.29, 0.717) is 18.9 Å². The first-order valence-corrected chi connectivity index (χ1v) is 7.63. The third kappa shape index (κ3) is 8.39. The van der Waals surface area contributed by atoms with Gasteiger partial charge in [0.2, 0.25) is 5.91 Å². The van der Waals surface area contributed by atoms with Crippen LogP contribution in [0.3, 0.4) is 0 Å². The number of ether oxygens (including phenoxy) is 1. The van der Waals surface area contributed by atoms with Crippen molar-refractivity contribution in [2.75, 3.05) is 26.7 Å². The highest BCUT2D eigenvalue weighted by Crippen LogP contribution is 2.13. The molecule has 1 rings (SSSR count). The maximum absolute atomic E-state index is 12.0. The van der Waals surface area contributed by atoms with Gasteiger partial charge >= 0.3 is 12.2 Å². The predicted octanol–water partition coefficient (Wildman–Crippen LogP) is 2.08. The molecule has 0 aliphatic rings. The van der Waals surface area contributed by atoms with Crippen molar-refractivity contribution >= 4 is 11.9 Å². The van der Waals surface area contributed by atoms with E-state index in [0.717, 1.165) is 5.56 Å². The molecule has 1 unspecified atom stereocenters. The first-order valence-electron chi connectivity index (χ1n) is 7.63. The molecule has 140 valence electrons. The number of carbonyl (C=O) groups is 2. The van der Waals surface area contributed by atoms with E-state index in [1.807, 2.05) is 36.5 Å². The van der Waals surface area contributed by atoms with E-state index in [-0.39, 0.29) is 0 Å². The Kier molecular flexibility index (Phi) is 7.69. The second-order valence-electron chi connectivity index (χ2n) is 5.61. The number of rotatable bonds is 7. The Hall–Kier alpha value is -2.29. The highest BCUT2D eigenvalue weighted by atomic mass is 19.4. The molecule has 0 heterocycles. The summed E-state index contributed by atoms with van der Waals surface area (Å²) in [6.07, 6.45) is -4.53. The van der Waals surface area contributed by atoms with Crippen molar-refractivity contribution < 1.29 is 27.5 Å². The lowest BCUT2D eigenvalue weighted by atomic mass is 10.2. The SMILES string of the molecule is Cc1cccc(OCCN(C)C(C)C(=O)NC(=O)NCC(F)(F)F)c1. The Morgan fingerprint density at radius 1 is 1.32 bits per heavy atom. The maximum atomic E-state index is 12.0. The summed E-state index contributed by atoms with van der Waals surface area (Å²) in [4.78, 5) is 24.8. The largest absolute Gasteiger partial charge is 0.492 e. The second kappa shape index (κ2) is 9.26. The molecule has 1 aromatic rings. The number of halogens is 3. The summed E-state index contributed by atoms with van der Waals surface area (Å²) in [5.74, 6) is 0.00904. The number of imide groups is 1. The number of benzene rings is 1. The molecule has 9 heteroatoms. The number of carbonyl (C=O) groups excluding carboxylic acids is 2. The smallest absolute Gasteiger partial charge is 0.405 e. The Morgan fingerprint density at radius 3 is 2.60 bits per heavy atom. The monoisotopic (exact) mass is 361 g/mol. The summed E-state index contributed by atoms with van der Waals surface area (Å²) in [6.45, 7) is 2.69. The Morgan fingerprint density at radius 2 is 2.00 bits per heavy atom. The molecule has 2 N–H and O–H groups in total. The zero-order chi connectivity index (χ0) is 19.0. The number of likely N-dealkylation sites (N-methyl/N-ethyl adjacent to an activating group) is 1. The van der Waals surface area contributed by atoms with Gasteiger partial charge in [-0.15, -0.1) is 0 Å². The molecule has 0 radical (unpaired) electrons. The van der Waals surface area contributed by atoms with Crippen LogP contribution in [0.25, 0.3) is 0 Å². The number of alkyl halides is 3. The number of amides is 3. The minimum Gasteiger partial charge on any atom is -0.492 e. The van der Waals surface area contributed by atoms with Crippen molar-refractivity contribution in [3.05, 3.63) is 29.8 Å². The van der Waals surface area contributed by atoms with Gasteiger partial charge in [-0.2, -0.15) is 13.2 Å². The first kappa shape index (κ1) is 20.8. The first-order chi connectivity index (χ1) is 11.6. The molecular weight excluding hydrogens is 339 g/mol. The standard InChI is InChI=1S/C16H22F3N3O3/c1-11-5-4-6-13(9-11)25-8-7-22(3)12(2)14(23)21-15(24)20-10-16(17,18)19/h4-6,9,12H,7-8,10H2,1-3H3,(H2,20,21,23,24). The van der Waals surface area contributed by atoms with Gasteiger partial charge in [0.05, 0.1) is 6.04 Å². The number of hydrogen-bond acceptors (Lipinski definition) is 4. The van der Waals surface area contributed by atoms with E-state index in [9.17, 15) is 22.8 Å². The van der Waals surface area contributed by atoms with Crippen LogP contribution in [0, 0.1) is 6.92 Å². The molecule has 0 aliphatic carbocycles. The summed E-state index contributed by atoms with van der Waals surface area (Å²) in [5.41, 5.74) is 1.06. The molecule has 3 amide bonds. The minimum absolute atomic E-state index is 0.317. The lowest BCUT2D eigenvalue weighted by molar-refractivity contribution is -0.126. The summed E-state index contributed by atoms with van der Waals surface area (Å²) in [5, 5.41) is 3.46. The molecule has 25 heavy (non-hydrogen) atoms. The maximum Gasteiger partial charge on any atom is 0.405 e. The molecule has 0 bridgehead atoms. The van der Waals surface area contributed by atoms with Crippen LogP contribution in [0.4, 0.5) is 18.0 Å². The van der Waals surface area contributed by atoms with Crippen molar-refractivity contribution in [2.45, 2.75) is 26.1 Å². The Bertz CT molecular complexity index is 593. The van der Waals surface area contributed by atoms with Gasteiger partial charge in [-0.3, -0.25) is 15.0 Å². The van der Waals surface area contributed by atoms with Crippen molar-refractivity contribution in [3.8, 4) is 5.75 Å². The van der Waals surface area contributed by atoms with Gasteiger partial charge < -0.3 is 10.1 Å². The van der Waals surface area contributed by atoms with Gasteiger partial charge in [-0.1, -0.05) is 12.1 Å². The third-order valence-corrected chi connectivity index (χ3v) is 3.43. The van der Waals surface area contributed by atoms with Gasteiger partial charge in [0.25, 0.3) is 0 Å². The molecule has 0 saturated heterocycles. The van der Waals surface area contributed by atoms with Crippen LogP contribution in [0.15, 0.2) is 24.3 Å². The number of aryl methyl sites for hydroxylation is 1. The van der Waals surface area contributed by atoms with E-state index >= 15 is 0 Å². The van der Waals surface area contributed by atoms with Crippen LogP contribution in [-0.4, -0.2) is 55.8 Å². The number of nitrogens with zero attached hydrogens (tertiary/aromatic N) is 1. The average Bonchev–Trinajstić information content (AvgIpc) is 2.51. The lowest BCUT2D eigenvalue weighted by Gasteiger charge is -2.23. The van der Waals surface area contributed by atoms with E-state index in [4.69, 9.17) is 4.74 Å². The Balaban J connectivity index is 2.35. The fourth-order valence-corrected chi connectivity index (χ4v) is 1.85. The minimum atomic E-state index is -4.53. The normalized spacial score (nSPS) is 12.6. The van der Waals surface area contributed by atoms with Crippen LogP contribution >= 0.6 is 0 Å². The van der Waals surface area contributed by atoms with Crippen LogP contribution in [0.1, 0.15) is 12.5 Å².